The molecular formula is C20H28N2O2. The standard InChI is InChI=1S/C20H28N2O2/c1-8-17(15-12-19(3,4)24-20(5,6)13-15)22-14(2)16-10-9-11-21-18(16)23-7/h1,9-11,15,17H,12-13H2,2-7H3/b22-14+. The molecule has 1 unspecified atom stereocenters. The normalized spacial score (nSPS) is 21.8. The van der Waals surface area contributed by atoms with Crippen molar-refractivity contribution in [3.8, 4) is 18.2 Å². The van der Waals surface area contributed by atoms with Crippen molar-refractivity contribution < 1.29 is 9.47 Å². The lowest BCUT2D eigenvalue weighted by Crippen LogP contribution is -2.47. The third kappa shape index (κ3) is 4.36. The van der Waals surface area contributed by atoms with E-state index in [0.717, 1.165) is 24.1 Å². The monoisotopic (exact) mass is 328 g/mol. The molecule has 0 spiro atoms. The van der Waals surface area contributed by atoms with Gasteiger partial charge in [0, 0.05) is 11.9 Å². The molecular weight excluding hydrogens is 300 g/mol. The van der Waals surface area contributed by atoms with E-state index in [1.54, 1.807) is 13.3 Å². The number of terminal acetylenes is 1. The molecule has 2 rings (SSSR count). The van der Waals surface area contributed by atoms with E-state index < -0.39 is 0 Å². The number of hydrogen-bond acceptors (Lipinski definition) is 4. The number of rotatable bonds is 4. The van der Waals surface area contributed by atoms with E-state index in [2.05, 4.69) is 38.6 Å². The maximum atomic E-state index is 6.17. The van der Waals surface area contributed by atoms with E-state index in [1.165, 1.54) is 0 Å². The lowest BCUT2D eigenvalue weighted by molar-refractivity contribution is -0.173. The summed E-state index contributed by atoms with van der Waals surface area (Å²) in [5.41, 5.74) is 1.34. The molecule has 4 nitrogen and oxygen atoms in total. The second-order valence-corrected chi connectivity index (χ2v) is 7.68. The molecule has 0 saturated carbocycles. The minimum absolute atomic E-state index is 0.183. The second kappa shape index (κ2) is 6.94. The predicted molar refractivity (Wildman–Crippen MR) is 97.6 cm³/mol. The van der Waals surface area contributed by atoms with Crippen molar-refractivity contribution in [3.63, 3.8) is 0 Å². The van der Waals surface area contributed by atoms with Crippen molar-refractivity contribution >= 4 is 5.71 Å². The molecule has 1 saturated heterocycles. The van der Waals surface area contributed by atoms with Gasteiger partial charge in [-0.1, -0.05) is 5.92 Å². The lowest BCUT2D eigenvalue weighted by atomic mass is 9.77. The zero-order chi connectivity index (χ0) is 18.0. The first-order valence-corrected chi connectivity index (χ1v) is 8.37. The molecule has 0 amide bonds. The minimum Gasteiger partial charge on any atom is -0.481 e. The molecule has 0 N–H and O–H groups in total. The van der Waals surface area contributed by atoms with Gasteiger partial charge in [0.05, 0.1) is 23.9 Å². The van der Waals surface area contributed by atoms with Gasteiger partial charge in [0.2, 0.25) is 5.88 Å². The molecule has 0 aromatic carbocycles. The highest BCUT2D eigenvalue weighted by Gasteiger charge is 2.41. The van der Waals surface area contributed by atoms with Crippen LogP contribution in [0.4, 0.5) is 0 Å². The number of ether oxygens (including phenoxy) is 2. The molecule has 2 heterocycles. The Morgan fingerprint density at radius 3 is 2.54 bits per heavy atom. The van der Waals surface area contributed by atoms with Crippen LogP contribution in [-0.2, 0) is 4.74 Å². The van der Waals surface area contributed by atoms with Gasteiger partial charge in [0.25, 0.3) is 0 Å². The van der Waals surface area contributed by atoms with Crippen molar-refractivity contribution in [2.45, 2.75) is 64.7 Å². The number of nitrogens with zero attached hydrogens (tertiary/aromatic N) is 2. The van der Waals surface area contributed by atoms with Crippen LogP contribution in [0.1, 0.15) is 53.0 Å². The van der Waals surface area contributed by atoms with Gasteiger partial charge in [-0.3, -0.25) is 4.99 Å². The molecule has 1 aliphatic rings. The zero-order valence-corrected chi connectivity index (χ0v) is 15.6. The van der Waals surface area contributed by atoms with E-state index >= 15 is 0 Å². The van der Waals surface area contributed by atoms with Gasteiger partial charge in [-0.05, 0) is 65.5 Å². The van der Waals surface area contributed by atoms with Crippen LogP contribution in [-0.4, -0.2) is 35.0 Å². The van der Waals surface area contributed by atoms with Gasteiger partial charge in [-0.2, -0.15) is 0 Å². The lowest BCUT2D eigenvalue weighted by Gasteiger charge is -2.46. The molecule has 4 heteroatoms. The Labute approximate surface area is 145 Å². The number of aromatic nitrogens is 1. The Morgan fingerprint density at radius 1 is 1.38 bits per heavy atom. The summed E-state index contributed by atoms with van der Waals surface area (Å²) in [6, 6.07) is 3.65. The Morgan fingerprint density at radius 2 is 2.00 bits per heavy atom. The Balaban J connectivity index is 2.30. The number of pyridine rings is 1. The molecule has 24 heavy (non-hydrogen) atoms. The van der Waals surface area contributed by atoms with Crippen LogP contribution in [0.5, 0.6) is 5.88 Å². The highest BCUT2D eigenvalue weighted by atomic mass is 16.5. The van der Waals surface area contributed by atoms with Crippen LogP contribution in [0.15, 0.2) is 23.3 Å². The average molecular weight is 328 g/mol. The third-order valence-corrected chi connectivity index (χ3v) is 4.36. The van der Waals surface area contributed by atoms with Gasteiger partial charge < -0.3 is 9.47 Å². The summed E-state index contributed by atoms with van der Waals surface area (Å²) in [5.74, 6) is 3.74. The molecule has 1 fully saturated rings. The summed E-state index contributed by atoms with van der Waals surface area (Å²) < 4.78 is 11.5. The summed E-state index contributed by atoms with van der Waals surface area (Å²) in [5, 5.41) is 0. The topological polar surface area (TPSA) is 43.7 Å². The summed E-state index contributed by atoms with van der Waals surface area (Å²) >= 11 is 0. The SMILES string of the molecule is C#CC(/N=C(\C)c1cccnc1OC)C1CC(C)(C)OC(C)(C)C1. The molecule has 0 bridgehead atoms. The van der Waals surface area contributed by atoms with E-state index in [-0.39, 0.29) is 23.2 Å². The first-order chi connectivity index (χ1) is 11.2. The van der Waals surface area contributed by atoms with Crippen molar-refractivity contribution in [1.82, 2.24) is 4.98 Å². The highest BCUT2D eigenvalue weighted by molar-refractivity contribution is 6.00. The van der Waals surface area contributed by atoms with Gasteiger partial charge >= 0.3 is 0 Å². The van der Waals surface area contributed by atoms with Crippen molar-refractivity contribution in [2.24, 2.45) is 10.9 Å². The Bertz CT molecular complexity index is 640. The van der Waals surface area contributed by atoms with Crippen LogP contribution in [0, 0.1) is 18.3 Å². The van der Waals surface area contributed by atoms with Gasteiger partial charge in [-0.15, -0.1) is 6.42 Å². The highest BCUT2D eigenvalue weighted by Crippen LogP contribution is 2.40. The van der Waals surface area contributed by atoms with Gasteiger partial charge in [0.1, 0.15) is 6.04 Å². The predicted octanol–water partition coefficient (Wildman–Crippen LogP) is 3.88. The summed E-state index contributed by atoms with van der Waals surface area (Å²) in [4.78, 5) is 9.07. The molecule has 1 aromatic rings. The van der Waals surface area contributed by atoms with Crippen molar-refractivity contribution in [1.29, 1.82) is 0 Å². The zero-order valence-electron chi connectivity index (χ0n) is 15.6. The molecule has 130 valence electrons. The molecule has 1 aromatic heterocycles. The van der Waals surface area contributed by atoms with Gasteiger partial charge in [-0.25, -0.2) is 4.98 Å². The van der Waals surface area contributed by atoms with Crippen molar-refractivity contribution in [2.75, 3.05) is 7.11 Å². The molecule has 1 aliphatic heterocycles. The fourth-order valence-electron chi connectivity index (χ4n) is 3.78. The summed E-state index contributed by atoms with van der Waals surface area (Å²) in [6.45, 7) is 10.4. The van der Waals surface area contributed by atoms with Crippen LogP contribution >= 0.6 is 0 Å². The molecule has 1 atom stereocenters. The van der Waals surface area contributed by atoms with E-state index in [4.69, 9.17) is 20.9 Å². The summed E-state index contributed by atoms with van der Waals surface area (Å²) in [6.07, 6.45) is 9.33. The fraction of sp³-hybridized carbons (Fsp3) is 0.600. The van der Waals surface area contributed by atoms with E-state index in [0.29, 0.717) is 5.88 Å². The maximum absolute atomic E-state index is 6.17. The van der Waals surface area contributed by atoms with Crippen LogP contribution in [0.2, 0.25) is 0 Å². The largest absolute Gasteiger partial charge is 0.481 e. The first-order valence-electron chi connectivity index (χ1n) is 8.37. The smallest absolute Gasteiger partial charge is 0.222 e. The van der Waals surface area contributed by atoms with E-state index in [1.807, 2.05) is 19.1 Å². The summed E-state index contributed by atoms with van der Waals surface area (Å²) in [7, 11) is 1.61. The molecule has 0 aliphatic carbocycles. The molecule has 0 radical (unpaired) electrons. The van der Waals surface area contributed by atoms with E-state index in [9.17, 15) is 0 Å². The first kappa shape index (κ1) is 18.5. The Hall–Kier alpha value is -1.86. The maximum Gasteiger partial charge on any atom is 0.222 e. The Kier molecular flexibility index (Phi) is 5.35. The fourth-order valence-corrected chi connectivity index (χ4v) is 3.78. The second-order valence-electron chi connectivity index (χ2n) is 7.68. The quantitative estimate of drug-likeness (QED) is 0.622. The number of hydrogen-bond donors (Lipinski definition) is 0. The van der Waals surface area contributed by atoms with Crippen LogP contribution < -0.4 is 4.74 Å². The number of aliphatic imine (C=N–C) groups is 1. The third-order valence-electron chi connectivity index (χ3n) is 4.36. The van der Waals surface area contributed by atoms with Crippen LogP contribution in [0.25, 0.3) is 0 Å². The number of methoxy groups -OCH3 is 1. The van der Waals surface area contributed by atoms with Crippen LogP contribution in [0.3, 0.4) is 0 Å². The average Bonchev–Trinajstić information content (AvgIpc) is 2.49. The minimum atomic E-state index is -0.197. The van der Waals surface area contributed by atoms with Gasteiger partial charge in [0.15, 0.2) is 0 Å². The van der Waals surface area contributed by atoms with Crippen molar-refractivity contribution in [3.05, 3.63) is 23.9 Å².